The van der Waals surface area contributed by atoms with Gasteiger partial charge in [0.2, 0.25) is 0 Å². The van der Waals surface area contributed by atoms with E-state index in [4.69, 9.17) is 10.9 Å². The van der Waals surface area contributed by atoms with Crippen molar-refractivity contribution in [3.05, 3.63) is 35.4 Å². The van der Waals surface area contributed by atoms with Gasteiger partial charge in [-0.1, -0.05) is 30.3 Å². The third kappa shape index (κ3) is 3.88. The first-order chi connectivity index (χ1) is 9.22. The number of benzene rings is 1. The van der Waals surface area contributed by atoms with E-state index in [9.17, 15) is 0 Å². The van der Waals surface area contributed by atoms with Gasteiger partial charge >= 0.3 is 0 Å². The van der Waals surface area contributed by atoms with E-state index in [1.54, 1.807) is 0 Å². The van der Waals surface area contributed by atoms with Gasteiger partial charge in [-0.15, -0.1) is 0 Å². The highest BCUT2D eigenvalue weighted by atomic mass is 32.2. The van der Waals surface area contributed by atoms with Crippen molar-refractivity contribution in [2.75, 3.05) is 18.8 Å². The lowest BCUT2D eigenvalue weighted by atomic mass is 10.1. The number of thioether (sulfide) groups is 1. The second-order valence-electron chi connectivity index (χ2n) is 4.82. The first-order valence-electron chi connectivity index (χ1n) is 6.63. The Labute approximate surface area is 118 Å². The molecule has 1 fully saturated rings. The first-order valence-corrected chi connectivity index (χ1v) is 7.68. The highest BCUT2D eigenvalue weighted by molar-refractivity contribution is 8.00. The van der Waals surface area contributed by atoms with Crippen molar-refractivity contribution < 1.29 is 5.21 Å². The molecular weight excluding hydrogens is 258 g/mol. The Bertz CT molecular complexity index is 450. The summed E-state index contributed by atoms with van der Waals surface area (Å²) < 4.78 is 0. The first kappa shape index (κ1) is 14.2. The van der Waals surface area contributed by atoms with Crippen LogP contribution >= 0.6 is 11.8 Å². The van der Waals surface area contributed by atoms with Crippen LogP contribution in [0.4, 0.5) is 0 Å². The van der Waals surface area contributed by atoms with Crippen LogP contribution in [0.2, 0.25) is 0 Å². The van der Waals surface area contributed by atoms with Gasteiger partial charge in [-0.3, -0.25) is 4.90 Å². The van der Waals surface area contributed by atoms with Crippen LogP contribution in [0.5, 0.6) is 0 Å². The molecule has 1 unspecified atom stereocenters. The lowest BCUT2D eigenvalue weighted by Gasteiger charge is -2.31. The molecule has 1 aromatic rings. The molecule has 4 nitrogen and oxygen atoms in total. The average molecular weight is 279 g/mol. The molecule has 1 saturated heterocycles. The number of oxime groups is 1. The number of nitrogens with two attached hydrogens (primary N) is 1. The van der Waals surface area contributed by atoms with E-state index in [0.29, 0.717) is 0 Å². The summed E-state index contributed by atoms with van der Waals surface area (Å²) in [6, 6.07) is 7.91. The van der Waals surface area contributed by atoms with Gasteiger partial charge in [-0.05, 0) is 18.1 Å². The third-order valence-electron chi connectivity index (χ3n) is 3.41. The molecule has 1 aliphatic heterocycles. The predicted octanol–water partition coefficient (Wildman–Crippen LogP) is 2.11. The monoisotopic (exact) mass is 279 g/mol. The molecule has 104 valence electrons. The van der Waals surface area contributed by atoms with Crippen molar-refractivity contribution >= 4 is 17.6 Å². The summed E-state index contributed by atoms with van der Waals surface area (Å²) in [5.41, 5.74) is 7.61. The summed E-state index contributed by atoms with van der Waals surface area (Å²) >= 11 is 2.08. The molecule has 1 heterocycles. The van der Waals surface area contributed by atoms with Gasteiger partial charge in [0.05, 0.1) is 0 Å². The van der Waals surface area contributed by atoms with Gasteiger partial charge in [0.25, 0.3) is 0 Å². The second kappa shape index (κ2) is 6.82. The molecule has 3 N–H and O–H groups in total. The van der Waals surface area contributed by atoms with E-state index in [1.807, 2.05) is 18.2 Å². The van der Waals surface area contributed by atoms with E-state index >= 15 is 0 Å². The standard InChI is InChI=1S/C14H21N3OS/c1-2-13-10-17(6-7-19-13)9-11-4-3-5-12(8-11)14(15)16-18/h3-5,8,13,18H,2,6-7,9-10H2,1H3,(H2,15,16). The van der Waals surface area contributed by atoms with Crippen LogP contribution in [0.25, 0.3) is 0 Å². The Morgan fingerprint density at radius 2 is 2.42 bits per heavy atom. The molecule has 0 saturated carbocycles. The fourth-order valence-corrected chi connectivity index (χ4v) is 3.56. The van der Waals surface area contributed by atoms with E-state index in [-0.39, 0.29) is 5.84 Å². The summed E-state index contributed by atoms with van der Waals surface area (Å²) in [4.78, 5) is 2.48. The zero-order chi connectivity index (χ0) is 13.7. The average Bonchev–Trinajstić information content (AvgIpc) is 2.47. The van der Waals surface area contributed by atoms with Crippen LogP contribution in [-0.4, -0.2) is 40.0 Å². The molecule has 1 aliphatic rings. The molecule has 0 spiro atoms. The third-order valence-corrected chi connectivity index (χ3v) is 4.79. The molecule has 2 rings (SSSR count). The Morgan fingerprint density at radius 3 is 3.16 bits per heavy atom. The lowest BCUT2D eigenvalue weighted by molar-refractivity contribution is 0.273. The number of amidine groups is 1. The topological polar surface area (TPSA) is 61.8 Å². The summed E-state index contributed by atoms with van der Waals surface area (Å²) in [6.07, 6.45) is 1.23. The maximum absolute atomic E-state index is 8.72. The fraction of sp³-hybridized carbons (Fsp3) is 0.500. The van der Waals surface area contributed by atoms with E-state index in [1.165, 1.54) is 17.7 Å². The molecule has 1 aromatic carbocycles. The van der Waals surface area contributed by atoms with E-state index in [0.717, 1.165) is 30.4 Å². The summed E-state index contributed by atoms with van der Waals surface area (Å²) in [6.45, 7) is 5.47. The molecule has 0 amide bonds. The normalized spacial score (nSPS) is 21.5. The lowest BCUT2D eigenvalue weighted by Crippen LogP contribution is -2.37. The zero-order valence-corrected chi connectivity index (χ0v) is 12.1. The number of rotatable bonds is 4. The van der Waals surface area contributed by atoms with Gasteiger partial charge in [0, 0.05) is 36.2 Å². The van der Waals surface area contributed by atoms with E-state index in [2.05, 4.69) is 34.8 Å². The maximum Gasteiger partial charge on any atom is 0.170 e. The molecule has 5 heteroatoms. The van der Waals surface area contributed by atoms with Gasteiger partial charge in [-0.2, -0.15) is 11.8 Å². The summed E-state index contributed by atoms with van der Waals surface area (Å²) in [5, 5.41) is 12.5. The van der Waals surface area contributed by atoms with Crippen molar-refractivity contribution in [1.29, 1.82) is 0 Å². The van der Waals surface area contributed by atoms with Crippen LogP contribution in [0.1, 0.15) is 24.5 Å². The minimum Gasteiger partial charge on any atom is -0.409 e. The van der Waals surface area contributed by atoms with Crippen LogP contribution in [-0.2, 0) is 6.54 Å². The smallest absolute Gasteiger partial charge is 0.170 e. The fourth-order valence-electron chi connectivity index (χ4n) is 2.32. The Kier molecular flexibility index (Phi) is 5.10. The van der Waals surface area contributed by atoms with Gasteiger partial charge in [-0.25, -0.2) is 0 Å². The molecule has 0 aromatic heterocycles. The van der Waals surface area contributed by atoms with Crippen molar-refractivity contribution in [3.63, 3.8) is 0 Å². The molecule has 0 radical (unpaired) electrons. The van der Waals surface area contributed by atoms with Gasteiger partial charge < -0.3 is 10.9 Å². The van der Waals surface area contributed by atoms with Crippen LogP contribution in [0.3, 0.4) is 0 Å². The molecule has 19 heavy (non-hydrogen) atoms. The molecular formula is C14H21N3OS. The van der Waals surface area contributed by atoms with Crippen LogP contribution in [0, 0.1) is 0 Å². The van der Waals surface area contributed by atoms with Crippen molar-refractivity contribution in [1.82, 2.24) is 4.90 Å². The van der Waals surface area contributed by atoms with Gasteiger partial charge in [0.15, 0.2) is 5.84 Å². The summed E-state index contributed by atoms with van der Waals surface area (Å²) in [7, 11) is 0. The Hall–Kier alpha value is -1.20. The molecule has 0 bridgehead atoms. The number of nitrogens with zero attached hydrogens (tertiary/aromatic N) is 2. The molecule has 0 aliphatic carbocycles. The summed E-state index contributed by atoms with van der Waals surface area (Å²) in [5.74, 6) is 1.38. The van der Waals surface area contributed by atoms with Crippen molar-refractivity contribution in [3.8, 4) is 0 Å². The van der Waals surface area contributed by atoms with E-state index < -0.39 is 0 Å². The number of hydrogen-bond acceptors (Lipinski definition) is 4. The van der Waals surface area contributed by atoms with Crippen molar-refractivity contribution in [2.45, 2.75) is 25.1 Å². The number of hydrogen-bond donors (Lipinski definition) is 2. The van der Waals surface area contributed by atoms with Crippen LogP contribution in [0.15, 0.2) is 29.4 Å². The largest absolute Gasteiger partial charge is 0.409 e. The second-order valence-corrected chi connectivity index (χ2v) is 6.23. The minimum absolute atomic E-state index is 0.169. The highest BCUT2D eigenvalue weighted by Crippen LogP contribution is 2.22. The minimum atomic E-state index is 0.169. The van der Waals surface area contributed by atoms with Crippen LogP contribution < -0.4 is 5.73 Å². The maximum atomic E-state index is 8.72. The van der Waals surface area contributed by atoms with Crippen molar-refractivity contribution in [2.24, 2.45) is 10.9 Å². The molecule has 1 atom stereocenters. The quantitative estimate of drug-likeness (QED) is 0.383. The Balaban J connectivity index is 2.02. The zero-order valence-electron chi connectivity index (χ0n) is 11.2. The van der Waals surface area contributed by atoms with Gasteiger partial charge in [0.1, 0.15) is 0 Å². The Morgan fingerprint density at radius 1 is 1.58 bits per heavy atom. The SMILES string of the molecule is CCC1CN(Cc2cccc(/C(N)=N/O)c2)CCS1. The predicted molar refractivity (Wildman–Crippen MR) is 80.8 cm³/mol. The highest BCUT2D eigenvalue weighted by Gasteiger charge is 2.18.